The number of carbonyl (C=O) groups is 4. The maximum absolute atomic E-state index is 13.8. The topological polar surface area (TPSA) is 135 Å². The molecule has 4 saturated carbocycles. The molecule has 0 bridgehead atoms. The average Bonchev–Trinajstić information content (AvgIpc) is 3.12. The van der Waals surface area contributed by atoms with Gasteiger partial charge in [0.2, 0.25) is 0 Å². The summed E-state index contributed by atoms with van der Waals surface area (Å²) in [5.74, 6) is -0.594. The maximum Gasteiger partial charge on any atom is 0.305 e. The molecule has 0 heterocycles. The summed E-state index contributed by atoms with van der Waals surface area (Å²) >= 11 is 0. The fourth-order valence-electron chi connectivity index (χ4n) is 8.27. The van der Waals surface area contributed by atoms with E-state index in [4.69, 9.17) is 4.74 Å². The van der Waals surface area contributed by atoms with E-state index in [1.807, 2.05) is 13.8 Å². The molecule has 8 atom stereocenters. The van der Waals surface area contributed by atoms with Crippen molar-refractivity contribution in [2.75, 3.05) is 12.4 Å². The second kappa shape index (κ2) is 9.36. The van der Waals surface area contributed by atoms with Crippen molar-refractivity contribution in [3.63, 3.8) is 0 Å². The van der Waals surface area contributed by atoms with Gasteiger partial charge in [-0.05, 0) is 60.7 Å². The van der Waals surface area contributed by atoms with E-state index in [0.717, 1.165) is 19.3 Å². The molecule has 4 fully saturated rings. The maximum atomic E-state index is 13.8. The van der Waals surface area contributed by atoms with E-state index in [1.54, 1.807) is 0 Å². The van der Waals surface area contributed by atoms with Crippen LogP contribution < -0.4 is 0 Å². The van der Waals surface area contributed by atoms with Crippen LogP contribution >= 0.6 is 0 Å². The van der Waals surface area contributed by atoms with E-state index in [9.17, 15) is 32.1 Å². The Morgan fingerprint density at radius 2 is 1.83 bits per heavy atom. The predicted molar refractivity (Wildman–Crippen MR) is 125 cm³/mol. The average molecular weight is 510 g/mol. The van der Waals surface area contributed by atoms with Gasteiger partial charge in [-0.15, -0.1) is 0 Å². The molecular formula is C26H37O8S-. The van der Waals surface area contributed by atoms with Crippen molar-refractivity contribution >= 4 is 33.4 Å². The molecule has 35 heavy (non-hydrogen) atoms. The van der Waals surface area contributed by atoms with Gasteiger partial charge in [0.15, 0.2) is 0 Å². The summed E-state index contributed by atoms with van der Waals surface area (Å²) in [6, 6.07) is 0. The number of fused-ring (bicyclic) bond motifs is 5. The van der Waals surface area contributed by atoms with Gasteiger partial charge in [0.25, 0.3) is 0 Å². The highest BCUT2D eigenvalue weighted by Crippen LogP contribution is 2.66. The zero-order valence-corrected chi connectivity index (χ0v) is 21.7. The number of rotatable bonds is 7. The lowest BCUT2D eigenvalue weighted by Crippen LogP contribution is -2.60. The molecule has 4 aliphatic carbocycles. The monoisotopic (exact) mass is 509 g/mol. The summed E-state index contributed by atoms with van der Waals surface area (Å²) < 4.78 is 36.9. The lowest BCUT2D eigenvalue weighted by Gasteiger charge is -2.58. The Bertz CT molecular complexity index is 1020. The third-order valence-corrected chi connectivity index (χ3v) is 11.0. The van der Waals surface area contributed by atoms with Crippen LogP contribution in [0.5, 0.6) is 0 Å². The van der Waals surface area contributed by atoms with Gasteiger partial charge in [0.05, 0.1) is 15.9 Å². The highest BCUT2D eigenvalue weighted by atomic mass is 32.2. The van der Waals surface area contributed by atoms with E-state index in [2.05, 4.69) is 6.92 Å². The van der Waals surface area contributed by atoms with Crippen molar-refractivity contribution in [3.8, 4) is 0 Å². The Kier molecular flexibility index (Phi) is 7.07. The number of esters is 1. The second-order valence-electron chi connectivity index (χ2n) is 11.9. The minimum Gasteiger partial charge on any atom is -0.748 e. The first-order valence-electron chi connectivity index (χ1n) is 12.9. The van der Waals surface area contributed by atoms with Crippen LogP contribution in [0.3, 0.4) is 0 Å². The number of ketones is 3. The lowest BCUT2D eigenvalue weighted by atomic mass is 9.44. The van der Waals surface area contributed by atoms with Crippen LogP contribution in [-0.4, -0.2) is 48.6 Å². The van der Waals surface area contributed by atoms with Crippen molar-refractivity contribution in [2.24, 2.45) is 46.3 Å². The van der Waals surface area contributed by atoms with E-state index < -0.39 is 33.9 Å². The summed E-state index contributed by atoms with van der Waals surface area (Å²) in [7, 11) is -4.43. The van der Waals surface area contributed by atoms with Crippen LogP contribution in [0.25, 0.3) is 0 Å². The quantitative estimate of drug-likeness (QED) is 0.377. The van der Waals surface area contributed by atoms with Gasteiger partial charge >= 0.3 is 5.97 Å². The smallest absolute Gasteiger partial charge is 0.305 e. The zero-order valence-electron chi connectivity index (χ0n) is 20.9. The molecule has 0 amide bonds. The molecule has 0 spiro atoms. The van der Waals surface area contributed by atoms with Crippen LogP contribution in [-0.2, 0) is 34.0 Å². The first kappa shape index (κ1) is 26.5. The minimum atomic E-state index is -4.43. The third kappa shape index (κ3) is 4.75. The summed E-state index contributed by atoms with van der Waals surface area (Å²) in [6.07, 6.45) is 4.81. The van der Waals surface area contributed by atoms with Gasteiger partial charge in [-0.3, -0.25) is 19.2 Å². The molecule has 4 rings (SSSR count). The molecule has 0 saturated heterocycles. The van der Waals surface area contributed by atoms with E-state index in [-0.39, 0.29) is 64.7 Å². The normalized spacial score (nSPS) is 40.0. The fourth-order valence-corrected chi connectivity index (χ4v) is 8.55. The molecule has 8 unspecified atom stereocenters. The van der Waals surface area contributed by atoms with E-state index in [0.29, 0.717) is 32.1 Å². The third-order valence-electron chi connectivity index (χ3n) is 10.3. The molecular weight excluding hydrogens is 472 g/mol. The Morgan fingerprint density at radius 1 is 1.11 bits per heavy atom. The number of Topliss-reactive ketones (excluding diaryl/α,β-unsaturated/α-hetero) is 3. The largest absolute Gasteiger partial charge is 0.748 e. The fraction of sp³-hybridized carbons (Fsp3) is 0.846. The first-order chi connectivity index (χ1) is 16.3. The number of ether oxygens (including phenoxy) is 1. The van der Waals surface area contributed by atoms with Gasteiger partial charge in [-0.2, -0.15) is 0 Å². The molecule has 8 nitrogen and oxygen atoms in total. The van der Waals surface area contributed by atoms with Crippen LogP contribution in [0.1, 0.15) is 78.6 Å². The predicted octanol–water partition coefficient (Wildman–Crippen LogP) is 3.08. The molecule has 0 N–H and O–H groups in total. The highest BCUT2D eigenvalue weighted by molar-refractivity contribution is 7.85. The van der Waals surface area contributed by atoms with Crippen molar-refractivity contribution in [1.82, 2.24) is 0 Å². The Labute approximate surface area is 207 Å². The highest BCUT2D eigenvalue weighted by Gasteiger charge is 2.66. The van der Waals surface area contributed by atoms with E-state index in [1.165, 1.54) is 0 Å². The Balaban J connectivity index is 1.45. The first-order valence-corrected chi connectivity index (χ1v) is 14.5. The van der Waals surface area contributed by atoms with Crippen molar-refractivity contribution in [3.05, 3.63) is 0 Å². The van der Waals surface area contributed by atoms with Crippen LogP contribution in [0.15, 0.2) is 0 Å². The molecule has 4 aliphatic rings. The van der Waals surface area contributed by atoms with E-state index >= 15 is 0 Å². The molecule has 0 aromatic rings. The number of hydrogen-bond donors (Lipinski definition) is 0. The van der Waals surface area contributed by atoms with Crippen molar-refractivity contribution in [2.45, 2.75) is 78.6 Å². The van der Waals surface area contributed by atoms with Crippen molar-refractivity contribution in [1.29, 1.82) is 0 Å². The van der Waals surface area contributed by atoms with Crippen LogP contribution in [0.2, 0.25) is 0 Å². The number of hydrogen-bond acceptors (Lipinski definition) is 8. The Hall–Kier alpha value is -1.61. The lowest BCUT2D eigenvalue weighted by molar-refractivity contribution is -0.166. The van der Waals surface area contributed by atoms with Gasteiger partial charge in [-0.25, -0.2) is 8.42 Å². The van der Waals surface area contributed by atoms with Crippen LogP contribution in [0, 0.1) is 46.3 Å². The minimum absolute atomic E-state index is 0.00156. The molecule has 0 aromatic carbocycles. The standard InChI is InChI=1S/C26H38O8S/c1-15(4-7-23(30)34-10-11-35(31,32)33)18-5-6-19-24-20(14-22(29)26(18,19)3)25(2)9-8-17(27)12-16(25)13-21(24)28/h15-16,18-20,24H,4-14H2,1-3H3,(H,31,32,33)/p-1. The summed E-state index contributed by atoms with van der Waals surface area (Å²) in [6.45, 7) is 5.80. The summed E-state index contributed by atoms with van der Waals surface area (Å²) in [5, 5.41) is 0. The number of carbonyl (C=O) groups excluding carboxylic acids is 4. The molecule has 0 aromatic heterocycles. The van der Waals surface area contributed by atoms with Gasteiger partial charge in [0.1, 0.15) is 24.0 Å². The SMILES string of the molecule is CC(CCC(=O)OCCS(=O)(=O)[O-])C1CCC2C3C(=O)CC4CC(=O)CCC4(C)C3CC(=O)C12C. The molecule has 0 aliphatic heterocycles. The van der Waals surface area contributed by atoms with Crippen molar-refractivity contribution < 1.29 is 36.9 Å². The molecule has 196 valence electrons. The van der Waals surface area contributed by atoms with Crippen LogP contribution in [0.4, 0.5) is 0 Å². The van der Waals surface area contributed by atoms with Gasteiger partial charge < -0.3 is 9.29 Å². The van der Waals surface area contributed by atoms with Gasteiger partial charge in [-0.1, -0.05) is 20.8 Å². The molecule has 0 radical (unpaired) electrons. The Morgan fingerprint density at radius 3 is 2.51 bits per heavy atom. The summed E-state index contributed by atoms with van der Waals surface area (Å²) in [5.41, 5.74) is -0.751. The second-order valence-corrected chi connectivity index (χ2v) is 13.5. The van der Waals surface area contributed by atoms with Gasteiger partial charge in [0, 0.05) is 43.4 Å². The zero-order chi connectivity index (χ0) is 25.8. The molecule has 9 heteroatoms. The summed E-state index contributed by atoms with van der Waals surface area (Å²) in [4.78, 5) is 51.4.